The van der Waals surface area contributed by atoms with Crippen molar-refractivity contribution in [2.45, 2.75) is 38.0 Å². The average molecular weight is 205 g/mol. The fourth-order valence-electron chi connectivity index (χ4n) is 2.71. The molecule has 0 aliphatic heterocycles. The predicted molar refractivity (Wildman–Crippen MR) is 62.0 cm³/mol. The zero-order valence-electron chi connectivity index (χ0n) is 9.29. The first kappa shape index (κ1) is 10.5. The van der Waals surface area contributed by atoms with Gasteiger partial charge in [-0.2, -0.15) is 0 Å². The molecule has 1 aromatic carbocycles. The van der Waals surface area contributed by atoms with Gasteiger partial charge in [0.1, 0.15) is 5.75 Å². The number of aromatic hydroxyl groups is 1. The smallest absolute Gasteiger partial charge is 0.119 e. The second-order valence-corrected chi connectivity index (χ2v) is 4.71. The molecule has 0 bridgehead atoms. The Morgan fingerprint density at radius 3 is 2.60 bits per heavy atom. The molecule has 3 N–H and O–H groups in total. The minimum absolute atomic E-state index is 0.0378. The molecule has 1 aliphatic rings. The van der Waals surface area contributed by atoms with Crippen molar-refractivity contribution in [2.75, 3.05) is 6.54 Å². The summed E-state index contributed by atoms with van der Waals surface area (Å²) in [5.41, 5.74) is 8.20. The van der Waals surface area contributed by atoms with Gasteiger partial charge in [0.25, 0.3) is 0 Å². The SMILES string of the molecule is Cc1ccc(O)c(C2(CN)CCCC2)c1. The summed E-state index contributed by atoms with van der Waals surface area (Å²) in [7, 11) is 0. The van der Waals surface area contributed by atoms with Crippen LogP contribution in [-0.4, -0.2) is 11.7 Å². The summed E-state index contributed by atoms with van der Waals surface area (Å²) in [6.45, 7) is 2.70. The Balaban J connectivity index is 2.46. The standard InChI is InChI=1S/C13H19NO/c1-10-4-5-12(15)11(8-10)13(9-14)6-2-3-7-13/h4-5,8,15H,2-3,6-7,9,14H2,1H3. The summed E-state index contributed by atoms with van der Waals surface area (Å²) in [6, 6.07) is 5.83. The molecule has 0 spiro atoms. The van der Waals surface area contributed by atoms with E-state index in [0.29, 0.717) is 12.3 Å². The second-order valence-electron chi connectivity index (χ2n) is 4.71. The van der Waals surface area contributed by atoms with Gasteiger partial charge in [-0.15, -0.1) is 0 Å². The maximum absolute atomic E-state index is 9.94. The van der Waals surface area contributed by atoms with E-state index < -0.39 is 0 Å². The fourth-order valence-corrected chi connectivity index (χ4v) is 2.71. The number of hydrogen-bond acceptors (Lipinski definition) is 2. The molecule has 0 atom stereocenters. The Hall–Kier alpha value is -1.02. The molecule has 0 heterocycles. The summed E-state index contributed by atoms with van der Waals surface area (Å²) in [5.74, 6) is 0.410. The molecule has 0 aromatic heterocycles. The van der Waals surface area contributed by atoms with Gasteiger partial charge in [0, 0.05) is 17.5 Å². The molecular weight excluding hydrogens is 186 g/mol. The van der Waals surface area contributed by atoms with Gasteiger partial charge in [-0.3, -0.25) is 0 Å². The molecule has 0 amide bonds. The van der Waals surface area contributed by atoms with Crippen LogP contribution in [0.25, 0.3) is 0 Å². The summed E-state index contributed by atoms with van der Waals surface area (Å²) in [5, 5.41) is 9.94. The van der Waals surface area contributed by atoms with Crippen molar-refractivity contribution >= 4 is 0 Å². The van der Waals surface area contributed by atoms with Crippen molar-refractivity contribution in [3.05, 3.63) is 29.3 Å². The predicted octanol–water partition coefficient (Wildman–Crippen LogP) is 2.47. The quantitative estimate of drug-likeness (QED) is 0.779. The third kappa shape index (κ3) is 1.74. The van der Waals surface area contributed by atoms with Crippen LogP contribution in [0, 0.1) is 6.92 Å². The van der Waals surface area contributed by atoms with Crippen molar-refractivity contribution in [1.29, 1.82) is 0 Å². The number of hydrogen-bond donors (Lipinski definition) is 2. The van der Waals surface area contributed by atoms with E-state index in [1.54, 1.807) is 6.07 Å². The van der Waals surface area contributed by atoms with Gasteiger partial charge in [-0.05, 0) is 25.8 Å². The topological polar surface area (TPSA) is 46.2 Å². The number of phenols is 1. The third-order valence-corrected chi connectivity index (χ3v) is 3.67. The van der Waals surface area contributed by atoms with Gasteiger partial charge >= 0.3 is 0 Å². The third-order valence-electron chi connectivity index (χ3n) is 3.67. The molecule has 82 valence electrons. The van der Waals surface area contributed by atoms with Crippen molar-refractivity contribution in [3.63, 3.8) is 0 Å². The van der Waals surface area contributed by atoms with E-state index in [2.05, 4.69) is 13.0 Å². The van der Waals surface area contributed by atoms with E-state index in [-0.39, 0.29) is 5.41 Å². The normalized spacial score (nSPS) is 19.3. The highest BCUT2D eigenvalue weighted by molar-refractivity contribution is 5.42. The molecule has 0 radical (unpaired) electrons. The fraction of sp³-hybridized carbons (Fsp3) is 0.538. The van der Waals surface area contributed by atoms with E-state index in [9.17, 15) is 5.11 Å². The van der Waals surface area contributed by atoms with Gasteiger partial charge < -0.3 is 10.8 Å². The van der Waals surface area contributed by atoms with Crippen LogP contribution in [0.4, 0.5) is 0 Å². The van der Waals surface area contributed by atoms with Gasteiger partial charge in [-0.25, -0.2) is 0 Å². The van der Waals surface area contributed by atoms with Crippen molar-refractivity contribution < 1.29 is 5.11 Å². The van der Waals surface area contributed by atoms with Crippen LogP contribution in [0.2, 0.25) is 0 Å². The first-order valence-electron chi connectivity index (χ1n) is 5.68. The van der Waals surface area contributed by atoms with Gasteiger partial charge in [0.05, 0.1) is 0 Å². The number of rotatable bonds is 2. The van der Waals surface area contributed by atoms with Crippen LogP contribution in [0.5, 0.6) is 5.75 Å². The monoisotopic (exact) mass is 205 g/mol. The lowest BCUT2D eigenvalue weighted by molar-refractivity contribution is 0.405. The molecule has 1 aromatic rings. The minimum Gasteiger partial charge on any atom is -0.508 e. The lowest BCUT2D eigenvalue weighted by Crippen LogP contribution is -2.32. The largest absolute Gasteiger partial charge is 0.508 e. The Labute approximate surface area is 91.1 Å². The molecular formula is C13H19NO. The maximum Gasteiger partial charge on any atom is 0.119 e. The van der Waals surface area contributed by atoms with E-state index in [0.717, 1.165) is 18.4 Å². The maximum atomic E-state index is 9.94. The average Bonchev–Trinajstić information content (AvgIpc) is 2.71. The van der Waals surface area contributed by atoms with E-state index in [4.69, 9.17) is 5.73 Å². The molecule has 15 heavy (non-hydrogen) atoms. The lowest BCUT2D eigenvalue weighted by atomic mass is 9.78. The van der Waals surface area contributed by atoms with Crippen LogP contribution >= 0.6 is 0 Å². The molecule has 0 unspecified atom stereocenters. The summed E-state index contributed by atoms with van der Waals surface area (Å²) in [4.78, 5) is 0. The Morgan fingerprint density at radius 2 is 2.00 bits per heavy atom. The Kier molecular flexibility index (Phi) is 2.70. The van der Waals surface area contributed by atoms with Crippen LogP contribution in [0.1, 0.15) is 36.8 Å². The van der Waals surface area contributed by atoms with Crippen LogP contribution in [0.3, 0.4) is 0 Å². The van der Waals surface area contributed by atoms with Gasteiger partial charge in [-0.1, -0.05) is 30.5 Å². The summed E-state index contributed by atoms with van der Waals surface area (Å²) < 4.78 is 0. The number of nitrogens with two attached hydrogens (primary N) is 1. The van der Waals surface area contributed by atoms with Gasteiger partial charge in [0.15, 0.2) is 0 Å². The molecule has 2 rings (SSSR count). The van der Waals surface area contributed by atoms with Crippen molar-refractivity contribution in [1.82, 2.24) is 0 Å². The van der Waals surface area contributed by atoms with Gasteiger partial charge in [0.2, 0.25) is 0 Å². The Bertz CT molecular complexity index is 354. The Morgan fingerprint density at radius 1 is 1.33 bits per heavy atom. The van der Waals surface area contributed by atoms with Crippen LogP contribution in [0.15, 0.2) is 18.2 Å². The number of phenolic OH excluding ortho intramolecular Hbond substituents is 1. The van der Waals surface area contributed by atoms with E-state index in [1.807, 2.05) is 6.07 Å². The zero-order chi connectivity index (χ0) is 10.9. The van der Waals surface area contributed by atoms with E-state index in [1.165, 1.54) is 18.4 Å². The molecule has 1 saturated carbocycles. The first-order chi connectivity index (χ1) is 7.18. The van der Waals surface area contributed by atoms with Crippen molar-refractivity contribution in [3.8, 4) is 5.75 Å². The molecule has 0 saturated heterocycles. The van der Waals surface area contributed by atoms with Crippen LogP contribution in [-0.2, 0) is 5.41 Å². The summed E-state index contributed by atoms with van der Waals surface area (Å²) >= 11 is 0. The summed E-state index contributed by atoms with van der Waals surface area (Å²) in [6.07, 6.45) is 4.68. The highest BCUT2D eigenvalue weighted by atomic mass is 16.3. The molecule has 1 fully saturated rings. The number of benzene rings is 1. The number of aryl methyl sites for hydroxylation is 1. The molecule has 2 nitrogen and oxygen atoms in total. The van der Waals surface area contributed by atoms with E-state index >= 15 is 0 Å². The van der Waals surface area contributed by atoms with Crippen molar-refractivity contribution in [2.24, 2.45) is 5.73 Å². The second kappa shape index (κ2) is 3.86. The molecule has 1 aliphatic carbocycles. The first-order valence-corrected chi connectivity index (χ1v) is 5.68. The highest BCUT2D eigenvalue weighted by Crippen LogP contribution is 2.43. The van der Waals surface area contributed by atoms with Crippen LogP contribution < -0.4 is 5.73 Å². The zero-order valence-corrected chi connectivity index (χ0v) is 9.29. The highest BCUT2D eigenvalue weighted by Gasteiger charge is 2.36. The molecule has 2 heteroatoms. The lowest BCUT2D eigenvalue weighted by Gasteiger charge is -2.28. The minimum atomic E-state index is 0.0378.